The monoisotopic (exact) mass is 576 g/mol. The summed E-state index contributed by atoms with van der Waals surface area (Å²) in [7, 11) is 1.52. The molecule has 226 valence electrons. The van der Waals surface area contributed by atoms with Crippen LogP contribution < -0.4 is 16.0 Å². The van der Waals surface area contributed by atoms with Gasteiger partial charge in [0.15, 0.2) is 0 Å². The van der Waals surface area contributed by atoms with E-state index in [0.29, 0.717) is 23.4 Å². The number of nitrogens with two attached hydrogens (primary N) is 1. The maximum absolute atomic E-state index is 13.7. The number of likely N-dealkylation sites (tertiary alicyclic amines) is 2. The van der Waals surface area contributed by atoms with Crippen molar-refractivity contribution >= 4 is 35.4 Å². The number of rotatable bonds is 10. The molecule has 1 aliphatic carbocycles. The van der Waals surface area contributed by atoms with Gasteiger partial charge in [0.25, 0.3) is 11.8 Å². The number of aldehydes is 1. The number of anilines is 2. The van der Waals surface area contributed by atoms with Crippen molar-refractivity contribution in [3.05, 3.63) is 47.2 Å². The number of carbonyl (C=O) groups excluding carboxylic acids is 4. The molecule has 3 N–H and O–H groups in total. The lowest BCUT2D eigenvalue weighted by Crippen LogP contribution is -2.49. The van der Waals surface area contributed by atoms with Crippen LogP contribution in [0.1, 0.15) is 39.5 Å². The van der Waals surface area contributed by atoms with Crippen LogP contribution in [0.15, 0.2) is 47.2 Å². The van der Waals surface area contributed by atoms with Crippen LogP contribution in [-0.2, 0) is 19.2 Å². The Morgan fingerprint density at radius 3 is 2.26 bits per heavy atom. The zero-order valence-electron chi connectivity index (χ0n) is 25.1. The number of hydrogen-bond donors (Lipinski definition) is 2. The molecule has 3 saturated heterocycles. The molecule has 10 heteroatoms. The summed E-state index contributed by atoms with van der Waals surface area (Å²) in [6.45, 7) is 11.1. The minimum atomic E-state index is -0.953. The lowest BCUT2D eigenvalue weighted by molar-refractivity contribution is -0.142. The zero-order chi connectivity index (χ0) is 30.0. The molecule has 3 fully saturated rings. The smallest absolute Gasteiger partial charge is 0.263 e. The van der Waals surface area contributed by atoms with Gasteiger partial charge >= 0.3 is 0 Å². The van der Waals surface area contributed by atoms with E-state index in [1.807, 2.05) is 18.2 Å². The van der Waals surface area contributed by atoms with Gasteiger partial charge in [-0.2, -0.15) is 0 Å². The highest BCUT2D eigenvalue weighted by Gasteiger charge is 2.49. The number of allylic oxidation sites excluding steroid dienone is 1. The number of fused-ring (bicyclic) bond motifs is 1. The second-order valence-electron chi connectivity index (χ2n) is 12.3. The van der Waals surface area contributed by atoms with Crippen molar-refractivity contribution in [3.8, 4) is 0 Å². The summed E-state index contributed by atoms with van der Waals surface area (Å²) in [6, 6.07) is 7.15. The van der Waals surface area contributed by atoms with E-state index in [0.717, 1.165) is 74.9 Å². The van der Waals surface area contributed by atoms with Gasteiger partial charge in [0.2, 0.25) is 5.91 Å². The van der Waals surface area contributed by atoms with Gasteiger partial charge in [-0.25, -0.2) is 0 Å². The van der Waals surface area contributed by atoms with E-state index in [4.69, 9.17) is 5.73 Å². The number of benzene rings is 1. The topological polar surface area (TPSA) is 119 Å². The van der Waals surface area contributed by atoms with Crippen LogP contribution >= 0.6 is 0 Å². The Morgan fingerprint density at radius 2 is 1.67 bits per heavy atom. The van der Waals surface area contributed by atoms with E-state index in [-0.39, 0.29) is 30.6 Å². The first-order chi connectivity index (χ1) is 20.2. The highest BCUT2D eigenvalue weighted by Crippen LogP contribution is 2.44. The predicted octanol–water partition coefficient (Wildman–Crippen LogP) is 2.03. The predicted molar refractivity (Wildman–Crippen MR) is 162 cm³/mol. The highest BCUT2D eigenvalue weighted by atomic mass is 16.2. The lowest BCUT2D eigenvalue weighted by atomic mass is 9.89. The molecule has 0 aromatic heterocycles. The molecule has 1 aromatic carbocycles. The summed E-state index contributed by atoms with van der Waals surface area (Å²) < 4.78 is 0. The first-order valence-electron chi connectivity index (χ1n) is 15.3. The van der Waals surface area contributed by atoms with Crippen LogP contribution in [0, 0.1) is 17.8 Å². The van der Waals surface area contributed by atoms with Gasteiger partial charge in [-0.3, -0.25) is 24.2 Å². The number of nitrogen functional groups attached to an aromatic ring is 1. The van der Waals surface area contributed by atoms with Gasteiger partial charge in [0.1, 0.15) is 6.29 Å². The van der Waals surface area contributed by atoms with Crippen LogP contribution in [-0.4, -0.2) is 97.6 Å². The normalized spacial score (nSPS) is 22.6. The quantitative estimate of drug-likeness (QED) is 0.247. The Morgan fingerprint density at radius 1 is 1.00 bits per heavy atom. The lowest BCUT2D eigenvalue weighted by Gasteiger charge is -2.41. The maximum atomic E-state index is 13.7. The van der Waals surface area contributed by atoms with E-state index in [9.17, 15) is 19.2 Å². The number of carbonyl (C=O) groups is 4. The average Bonchev–Trinajstić information content (AvgIpc) is 3.51. The van der Waals surface area contributed by atoms with Gasteiger partial charge in [-0.1, -0.05) is 19.9 Å². The Kier molecular flexibility index (Phi) is 9.01. The van der Waals surface area contributed by atoms with Gasteiger partial charge < -0.3 is 25.6 Å². The summed E-state index contributed by atoms with van der Waals surface area (Å²) in [6.07, 6.45) is 4.79. The summed E-state index contributed by atoms with van der Waals surface area (Å²) in [5.41, 5.74) is 9.67. The number of piperidine rings is 1. The summed E-state index contributed by atoms with van der Waals surface area (Å²) in [5.74, 6) is -0.250. The van der Waals surface area contributed by atoms with E-state index in [1.165, 1.54) is 12.7 Å². The Hall–Kier alpha value is -3.66. The Balaban J connectivity index is 1.22. The molecule has 3 heterocycles. The highest BCUT2D eigenvalue weighted by molar-refractivity contribution is 6.26. The number of amides is 3. The van der Waals surface area contributed by atoms with Gasteiger partial charge in [0, 0.05) is 82.3 Å². The standard InChI is InChI=1S/C32H44N6O4/c1-21(2)26-18-27-29(32(42)38(31(27)41)25(20-39)8-9-28(40)34-3)30(26)37-12-10-22(11-13-37)19-35-14-16-36(17-15-35)24-6-4-23(33)5-7-24/h4-7,18,20-22,25-26H,8-17,19,33H2,1-3H3,(H,34,40)/t25?,26-/m0/s1. The molecule has 0 radical (unpaired) electrons. The zero-order valence-corrected chi connectivity index (χ0v) is 25.1. The SMILES string of the molecule is CNC(=O)CCC(C=O)N1C(=O)C2=C[C@@H](C(C)C)C(N3CCC(CN4CCN(c5ccc(N)cc5)CC4)CC3)=C2C1=O. The van der Waals surface area contributed by atoms with Crippen LogP contribution in [0.2, 0.25) is 0 Å². The van der Waals surface area contributed by atoms with E-state index >= 15 is 0 Å². The number of nitrogens with zero attached hydrogens (tertiary/aromatic N) is 4. The molecular weight excluding hydrogens is 532 g/mol. The number of hydrogen-bond acceptors (Lipinski definition) is 8. The number of piperazine rings is 1. The summed E-state index contributed by atoms with van der Waals surface area (Å²) in [4.78, 5) is 59.2. The third-order valence-electron chi connectivity index (χ3n) is 9.32. The van der Waals surface area contributed by atoms with Crippen LogP contribution in [0.25, 0.3) is 0 Å². The van der Waals surface area contributed by atoms with Crippen LogP contribution in [0.5, 0.6) is 0 Å². The van der Waals surface area contributed by atoms with Crippen LogP contribution in [0.3, 0.4) is 0 Å². The fraction of sp³-hybridized carbons (Fsp3) is 0.562. The van der Waals surface area contributed by atoms with Crippen molar-refractivity contribution in [1.82, 2.24) is 20.0 Å². The molecule has 1 aromatic rings. The second kappa shape index (κ2) is 12.7. The van der Waals surface area contributed by atoms with E-state index in [1.54, 1.807) is 0 Å². The van der Waals surface area contributed by atoms with Gasteiger partial charge in [-0.15, -0.1) is 0 Å². The fourth-order valence-electron chi connectivity index (χ4n) is 6.83. The first-order valence-corrected chi connectivity index (χ1v) is 15.3. The minimum absolute atomic E-state index is 0.0106. The average molecular weight is 577 g/mol. The molecule has 0 bridgehead atoms. The van der Waals surface area contributed by atoms with Crippen molar-refractivity contribution in [2.24, 2.45) is 17.8 Å². The summed E-state index contributed by atoms with van der Waals surface area (Å²) >= 11 is 0. The molecule has 0 spiro atoms. The molecular formula is C32H44N6O4. The molecule has 42 heavy (non-hydrogen) atoms. The first kappa shape index (κ1) is 29.8. The van der Waals surface area contributed by atoms with Crippen molar-refractivity contribution in [2.45, 2.75) is 45.6 Å². The minimum Gasteiger partial charge on any atom is -0.399 e. The number of imide groups is 1. The molecule has 2 atom stereocenters. The fourth-order valence-corrected chi connectivity index (χ4v) is 6.83. The molecule has 3 aliphatic heterocycles. The molecule has 3 amide bonds. The van der Waals surface area contributed by atoms with Crippen molar-refractivity contribution in [3.63, 3.8) is 0 Å². The maximum Gasteiger partial charge on any atom is 0.263 e. The molecule has 4 aliphatic rings. The number of nitrogens with one attached hydrogen (secondary N) is 1. The van der Waals surface area contributed by atoms with Crippen LogP contribution in [0.4, 0.5) is 11.4 Å². The van der Waals surface area contributed by atoms with Crippen molar-refractivity contribution in [2.75, 3.05) is 63.5 Å². The molecule has 1 unspecified atom stereocenters. The Bertz CT molecular complexity index is 1260. The molecule has 0 saturated carbocycles. The Labute approximate surface area is 248 Å². The summed E-state index contributed by atoms with van der Waals surface area (Å²) in [5, 5.41) is 2.53. The van der Waals surface area contributed by atoms with Gasteiger partial charge in [0.05, 0.1) is 17.2 Å². The van der Waals surface area contributed by atoms with Gasteiger partial charge in [-0.05, 0) is 55.4 Å². The molecule has 10 nitrogen and oxygen atoms in total. The second-order valence-corrected chi connectivity index (χ2v) is 12.3. The van der Waals surface area contributed by atoms with E-state index < -0.39 is 17.9 Å². The van der Waals surface area contributed by atoms with E-state index in [2.05, 4.69) is 46.0 Å². The van der Waals surface area contributed by atoms with Crippen molar-refractivity contribution in [1.29, 1.82) is 0 Å². The molecule has 5 rings (SSSR count). The van der Waals surface area contributed by atoms with Crippen molar-refractivity contribution < 1.29 is 19.2 Å². The third kappa shape index (κ3) is 5.95. The third-order valence-corrected chi connectivity index (χ3v) is 9.32. The largest absolute Gasteiger partial charge is 0.399 e.